The SMILES string of the molecule is CCc1ccc(C(=O)Nc2nc(-c3cc(OC)ccc3OC)cs2)cc1. The molecule has 3 aromatic rings. The number of hydrogen-bond acceptors (Lipinski definition) is 5. The maximum absolute atomic E-state index is 12.4. The van der Waals surface area contributed by atoms with Crippen molar-refractivity contribution in [3.05, 3.63) is 59.0 Å². The summed E-state index contributed by atoms with van der Waals surface area (Å²) >= 11 is 1.37. The van der Waals surface area contributed by atoms with Crippen LogP contribution in [0, 0.1) is 0 Å². The Hall–Kier alpha value is -2.86. The van der Waals surface area contributed by atoms with Crippen LogP contribution in [0.25, 0.3) is 11.3 Å². The normalized spacial score (nSPS) is 10.4. The van der Waals surface area contributed by atoms with Crippen LogP contribution in [0.15, 0.2) is 47.8 Å². The van der Waals surface area contributed by atoms with Crippen LogP contribution in [-0.4, -0.2) is 25.1 Å². The number of nitrogens with zero attached hydrogens (tertiary/aromatic N) is 1. The molecule has 0 aliphatic rings. The number of thiazole rings is 1. The van der Waals surface area contributed by atoms with E-state index in [1.54, 1.807) is 14.2 Å². The second kappa shape index (κ2) is 8.01. The van der Waals surface area contributed by atoms with Gasteiger partial charge < -0.3 is 9.47 Å². The molecular formula is C20H20N2O3S. The molecule has 1 amide bonds. The lowest BCUT2D eigenvalue weighted by Crippen LogP contribution is -2.11. The van der Waals surface area contributed by atoms with Crippen molar-refractivity contribution in [2.75, 3.05) is 19.5 Å². The van der Waals surface area contributed by atoms with Gasteiger partial charge in [0.05, 0.1) is 19.9 Å². The molecule has 0 saturated heterocycles. The van der Waals surface area contributed by atoms with Crippen molar-refractivity contribution in [1.82, 2.24) is 4.98 Å². The fourth-order valence-electron chi connectivity index (χ4n) is 2.53. The fourth-order valence-corrected chi connectivity index (χ4v) is 3.24. The van der Waals surface area contributed by atoms with Crippen molar-refractivity contribution in [2.45, 2.75) is 13.3 Å². The van der Waals surface area contributed by atoms with Crippen LogP contribution in [0.2, 0.25) is 0 Å². The summed E-state index contributed by atoms with van der Waals surface area (Å²) in [5.41, 5.74) is 3.35. The zero-order valence-electron chi connectivity index (χ0n) is 14.9. The minimum Gasteiger partial charge on any atom is -0.497 e. The van der Waals surface area contributed by atoms with Gasteiger partial charge in [-0.05, 0) is 42.3 Å². The van der Waals surface area contributed by atoms with Crippen molar-refractivity contribution in [3.8, 4) is 22.8 Å². The van der Waals surface area contributed by atoms with E-state index in [1.807, 2.05) is 47.8 Å². The molecule has 0 bridgehead atoms. The summed E-state index contributed by atoms with van der Waals surface area (Å²) in [6.07, 6.45) is 0.945. The van der Waals surface area contributed by atoms with Gasteiger partial charge in [-0.25, -0.2) is 4.98 Å². The van der Waals surface area contributed by atoms with Gasteiger partial charge in [-0.1, -0.05) is 19.1 Å². The molecule has 0 spiro atoms. The van der Waals surface area contributed by atoms with Gasteiger partial charge in [0, 0.05) is 16.5 Å². The van der Waals surface area contributed by atoms with E-state index in [1.165, 1.54) is 16.9 Å². The summed E-state index contributed by atoms with van der Waals surface area (Å²) in [6.45, 7) is 2.08. The van der Waals surface area contributed by atoms with Gasteiger partial charge in [-0.3, -0.25) is 10.1 Å². The standard InChI is InChI=1S/C20H20N2O3S/c1-4-13-5-7-14(8-6-13)19(23)22-20-21-17(12-26-20)16-11-15(24-2)9-10-18(16)25-3/h5-12H,4H2,1-3H3,(H,21,22,23). The Morgan fingerprint density at radius 2 is 1.88 bits per heavy atom. The Morgan fingerprint density at radius 3 is 2.54 bits per heavy atom. The zero-order valence-corrected chi connectivity index (χ0v) is 15.7. The fraction of sp³-hybridized carbons (Fsp3) is 0.200. The number of anilines is 1. The van der Waals surface area contributed by atoms with Crippen LogP contribution in [0.3, 0.4) is 0 Å². The number of aromatic nitrogens is 1. The van der Waals surface area contributed by atoms with Crippen molar-refractivity contribution >= 4 is 22.4 Å². The number of benzene rings is 2. The minimum absolute atomic E-state index is 0.175. The number of aryl methyl sites for hydroxylation is 1. The Balaban J connectivity index is 1.80. The summed E-state index contributed by atoms with van der Waals surface area (Å²) in [4.78, 5) is 16.9. The average molecular weight is 368 g/mol. The zero-order chi connectivity index (χ0) is 18.5. The molecule has 2 aromatic carbocycles. The van der Waals surface area contributed by atoms with E-state index in [-0.39, 0.29) is 5.91 Å². The van der Waals surface area contributed by atoms with Gasteiger partial charge >= 0.3 is 0 Å². The van der Waals surface area contributed by atoms with Crippen molar-refractivity contribution < 1.29 is 14.3 Å². The van der Waals surface area contributed by atoms with Crippen molar-refractivity contribution in [2.24, 2.45) is 0 Å². The monoisotopic (exact) mass is 368 g/mol. The highest BCUT2D eigenvalue weighted by Gasteiger charge is 2.13. The summed E-state index contributed by atoms with van der Waals surface area (Å²) in [5, 5.41) is 5.27. The number of ether oxygens (including phenoxy) is 2. The van der Waals surface area contributed by atoms with Gasteiger partial charge in [0.1, 0.15) is 11.5 Å². The number of methoxy groups -OCH3 is 2. The van der Waals surface area contributed by atoms with Crippen LogP contribution < -0.4 is 14.8 Å². The van der Waals surface area contributed by atoms with E-state index in [9.17, 15) is 4.79 Å². The third-order valence-corrected chi connectivity index (χ3v) is 4.79. The summed E-state index contributed by atoms with van der Waals surface area (Å²) in [6, 6.07) is 13.1. The summed E-state index contributed by atoms with van der Waals surface area (Å²) in [7, 11) is 3.22. The molecule has 0 unspecified atom stereocenters. The van der Waals surface area contributed by atoms with Gasteiger partial charge in [0.15, 0.2) is 5.13 Å². The first-order valence-corrected chi connectivity index (χ1v) is 9.10. The van der Waals surface area contributed by atoms with Crippen LogP contribution in [-0.2, 0) is 6.42 Å². The molecule has 5 nitrogen and oxygen atoms in total. The van der Waals surface area contributed by atoms with E-state index >= 15 is 0 Å². The van der Waals surface area contributed by atoms with Crippen molar-refractivity contribution in [3.63, 3.8) is 0 Å². The third-order valence-electron chi connectivity index (χ3n) is 4.03. The molecular weight excluding hydrogens is 348 g/mol. The summed E-state index contributed by atoms with van der Waals surface area (Å²) < 4.78 is 10.7. The first kappa shape index (κ1) is 17.9. The Bertz CT molecular complexity index is 904. The molecule has 6 heteroatoms. The molecule has 0 fully saturated rings. The second-order valence-electron chi connectivity index (χ2n) is 5.61. The number of nitrogens with one attached hydrogen (secondary N) is 1. The van der Waals surface area contributed by atoms with Crippen LogP contribution in [0.5, 0.6) is 11.5 Å². The highest BCUT2D eigenvalue weighted by molar-refractivity contribution is 7.14. The second-order valence-corrected chi connectivity index (χ2v) is 6.47. The molecule has 0 saturated carbocycles. The largest absolute Gasteiger partial charge is 0.497 e. The average Bonchev–Trinajstić information content (AvgIpc) is 3.15. The Kier molecular flexibility index (Phi) is 5.53. The minimum atomic E-state index is -0.175. The molecule has 1 N–H and O–H groups in total. The van der Waals surface area contributed by atoms with E-state index in [2.05, 4.69) is 17.2 Å². The van der Waals surface area contributed by atoms with E-state index in [4.69, 9.17) is 9.47 Å². The molecule has 0 radical (unpaired) electrons. The molecule has 3 rings (SSSR count). The molecule has 1 aromatic heterocycles. The van der Waals surface area contributed by atoms with Crippen molar-refractivity contribution in [1.29, 1.82) is 0 Å². The van der Waals surface area contributed by atoms with E-state index in [0.29, 0.717) is 16.4 Å². The quantitative estimate of drug-likeness (QED) is 0.688. The van der Waals surface area contributed by atoms with Crippen LogP contribution in [0.1, 0.15) is 22.8 Å². The molecule has 0 aliphatic heterocycles. The predicted molar refractivity (Wildman–Crippen MR) is 104 cm³/mol. The van der Waals surface area contributed by atoms with Gasteiger partial charge in [0.25, 0.3) is 5.91 Å². The maximum Gasteiger partial charge on any atom is 0.257 e. The molecule has 134 valence electrons. The Morgan fingerprint density at radius 1 is 1.12 bits per heavy atom. The third kappa shape index (κ3) is 3.86. The van der Waals surface area contributed by atoms with Gasteiger partial charge in [-0.2, -0.15) is 0 Å². The number of amides is 1. The molecule has 26 heavy (non-hydrogen) atoms. The molecule has 0 aliphatic carbocycles. The first-order valence-electron chi connectivity index (χ1n) is 8.22. The number of hydrogen-bond donors (Lipinski definition) is 1. The smallest absolute Gasteiger partial charge is 0.257 e. The number of carbonyl (C=O) groups excluding carboxylic acids is 1. The van der Waals surface area contributed by atoms with Gasteiger partial charge in [0.2, 0.25) is 0 Å². The summed E-state index contributed by atoms with van der Waals surface area (Å²) in [5.74, 6) is 1.24. The van der Waals surface area contributed by atoms with Crippen LogP contribution >= 0.6 is 11.3 Å². The first-order chi connectivity index (χ1) is 12.6. The van der Waals surface area contributed by atoms with E-state index in [0.717, 1.165) is 23.4 Å². The van der Waals surface area contributed by atoms with E-state index < -0.39 is 0 Å². The molecule has 1 heterocycles. The Labute approximate surface area is 156 Å². The lowest BCUT2D eigenvalue weighted by molar-refractivity contribution is 0.102. The number of carbonyl (C=O) groups is 1. The maximum atomic E-state index is 12.4. The lowest BCUT2D eigenvalue weighted by atomic mass is 10.1. The highest BCUT2D eigenvalue weighted by atomic mass is 32.1. The number of rotatable bonds is 6. The predicted octanol–water partition coefficient (Wildman–Crippen LogP) is 4.64. The molecule has 0 atom stereocenters. The lowest BCUT2D eigenvalue weighted by Gasteiger charge is -2.08. The van der Waals surface area contributed by atoms with Crippen LogP contribution in [0.4, 0.5) is 5.13 Å². The topological polar surface area (TPSA) is 60.5 Å². The highest BCUT2D eigenvalue weighted by Crippen LogP contribution is 2.35. The van der Waals surface area contributed by atoms with Gasteiger partial charge in [-0.15, -0.1) is 11.3 Å².